The van der Waals surface area contributed by atoms with Gasteiger partial charge in [-0.3, -0.25) is 4.79 Å². The minimum absolute atomic E-state index is 0.287. The lowest BCUT2D eigenvalue weighted by Crippen LogP contribution is -2.20. The molecule has 4 rings (SSSR count). The average molecular weight is 379 g/mol. The maximum Gasteiger partial charge on any atom is 0.348 e. The van der Waals surface area contributed by atoms with Crippen molar-refractivity contribution in [3.8, 4) is 0 Å². The van der Waals surface area contributed by atoms with Gasteiger partial charge in [0.15, 0.2) is 6.61 Å². The van der Waals surface area contributed by atoms with Crippen LogP contribution in [-0.2, 0) is 22.4 Å². The zero-order valence-corrected chi connectivity index (χ0v) is 15.8. The van der Waals surface area contributed by atoms with E-state index in [1.54, 1.807) is 0 Å². The van der Waals surface area contributed by atoms with Crippen molar-refractivity contribution in [3.63, 3.8) is 0 Å². The van der Waals surface area contributed by atoms with Crippen LogP contribution in [0.3, 0.4) is 0 Å². The maximum absolute atomic E-state index is 12.3. The number of amides is 1. The van der Waals surface area contributed by atoms with Crippen molar-refractivity contribution in [3.05, 3.63) is 63.8 Å². The molecule has 1 aliphatic carbocycles. The predicted molar refractivity (Wildman–Crippen MR) is 108 cm³/mol. The van der Waals surface area contributed by atoms with Crippen molar-refractivity contribution in [2.45, 2.75) is 32.1 Å². The van der Waals surface area contributed by atoms with Gasteiger partial charge < -0.3 is 10.1 Å². The summed E-state index contributed by atoms with van der Waals surface area (Å²) in [5.41, 5.74) is 1.99. The van der Waals surface area contributed by atoms with E-state index in [4.69, 9.17) is 4.74 Å². The molecule has 4 nitrogen and oxygen atoms in total. The third kappa shape index (κ3) is 4.03. The summed E-state index contributed by atoms with van der Waals surface area (Å²) in [4.78, 5) is 26.5. The fourth-order valence-electron chi connectivity index (χ4n) is 3.49. The van der Waals surface area contributed by atoms with Gasteiger partial charge in [-0.2, -0.15) is 0 Å². The summed E-state index contributed by atoms with van der Waals surface area (Å²) in [6.07, 6.45) is 5.66. The van der Waals surface area contributed by atoms with Crippen molar-refractivity contribution >= 4 is 39.7 Å². The highest BCUT2D eigenvalue weighted by Gasteiger charge is 2.18. The molecule has 0 bridgehead atoms. The number of nitrogens with one attached hydrogen (secondary N) is 1. The van der Waals surface area contributed by atoms with Crippen molar-refractivity contribution in [2.75, 3.05) is 11.9 Å². The molecule has 0 saturated carbocycles. The molecule has 3 aromatic rings. The molecular formula is C22H21NO3S. The van der Waals surface area contributed by atoms with E-state index in [9.17, 15) is 9.59 Å². The van der Waals surface area contributed by atoms with Crippen LogP contribution in [0.1, 0.15) is 39.4 Å². The van der Waals surface area contributed by atoms with Gasteiger partial charge in [0.2, 0.25) is 0 Å². The second-order valence-electron chi connectivity index (χ2n) is 6.77. The number of aryl methyl sites for hydroxylation is 2. The Labute approximate surface area is 162 Å². The summed E-state index contributed by atoms with van der Waals surface area (Å²) in [5, 5.41) is 4.84. The minimum atomic E-state index is -0.416. The molecule has 138 valence electrons. The highest BCUT2D eigenvalue weighted by Crippen LogP contribution is 2.29. The van der Waals surface area contributed by atoms with Crippen molar-refractivity contribution in [1.82, 2.24) is 0 Å². The molecule has 0 unspecified atom stereocenters. The SMILES string of the molecule is O=C(COC(=O)c1cc2c(s1)CCCCC2)Nc1cccc2ccccc12. The summed E-state index contributed by atoms with van der Waals surface area (Å²) in [6.45, 7) is -0.287. The van der Waals surface area contributed by atoms with E-state index < -0.39 is 5.97 Å². The third-order valence-corrected chi connectivity index (χ3v) is 6.06. The largest absolute Gasteiger partial charge is 0.451 e. The van der Waals surface area contributed by atoms with E-state index in [0.717, 1.165) is 29.3 Å². The highest BCUT2D eigenvalue weighted by atomic mass is 32.1. The quantitative estimate of drug-likeness (QED) is 0.515. The second kappa shape index (κ2) is 7.92. The molecule has 0 radical (unpaired) electrons. The number of rotatable bonds is 4. The van der Waals surface area contributed by atoms with Gasteiger partial charge >= 0.3 is 5.97 Å². The van der Waals surface area contributed by atoms with Crippen molar-refractivity contribution in [1.29, 1.82) is 0 Å². The van der Waals surface area contributed by atoms with Gasteiger partial charge in [0.1, 0.15) is 4.88 Å². The summed E-state index contributed by atoms with van der Waals surface area (Å²) >= 11 is 1.51. The first-order chi connectivity index (χ1) is 13.2. The number of carbonyl (C=O) groups is 2. The van der Waals surface area contributed by atoms with Gasteiger partial charge in [-0.05, 0) is 48.8 Å². The summed E-state index contributed by atoms with van der Waals surface area (Å²) < 4.78 is 5.24. The Hall–Kier alpha value is -2.66. The molecule has 0 saturated heterocycles. The molecule has 0 aliphatic heterocycles. The maximum atomic E-state index is 12.3. The lowest BCUT2D eigenvalue weighted by Gasteiger charge is -2.09. The smallest absolute Gasteiger partial charge is 0.348 e. The average Bonchev–Trinajstić information content (AvgIpc) is 2.97. The lowest BCUT2D eigenvalue weighted by atomic mass is 10.1. The number of benzene rings is 2. The van der Waals surface area contributed by atoms with Crippen LogP contribution in [0.5, 0.6) is 0 Å². The van der Waals surface area contributed by atoms with Crippen molar-refractivity contribution in [2.24, 2.45) is 0 Å². The number of esters is 1. The van der Waals surface area contributed by atoms with Gasteiger partial charge in [-0.1, -0.05) is 42.8 Å². The Bertz CT molecular complexity index is 963. The molecule has 1 aromatic heterocycles. The van der Waals surface area contributed by atoms with E-state index in [1.807, 2.05) is 48.5 Å². The van der Waals surface area contributed by atoms with E-state index in [0.29, 0.717) is 4.88 Å². The summed E-state index contributed by atoms with van der Waals surface area (Å²) in [7, 11) is 0. The Morgan fingerprint density at radius 3 is 2.74 bits per heavy atom. The number of hydrogen-bond donors (Lipinski definition) is 1. The zero-order valence-electron chi connectivity index (χ0n) is 15.0. The van der Waals surface area contributed by atoms with Crippen molar-refractivity contribution < 1.29 is 14.3 Å². The van der Waals surface area contributed by atoms with Crippen LogP contribution in [0.4, 0.5) is 5.69 Å². The molecule has 0 atom stereocenters. The van der Waals surface area contributed by atoms with Crippen LogP contribution in [-0.4, -0.2) is 18.5 Å². The van der Waals surface area contributed by atoms with E-state index in [2.05, 4.69) is 5.32 Å². The summed E-state index contributed by atoms with van der Waals surface area (Å²) in [6, 6.07) is 15.5. The fraction of sp³-hybridized carbons (Fsp3) is 0.273. The predicted octanol–water partition coefficient (Wildman–Crippen LogP) is 4.97. The van der Waals surface area contributed by atoms with Gasteiger partial charge in [0, 0.05) is 16.0 Å². The second-order valence-corrected chi connectivity index (χ2v) is 7.91. The molecule has 27 heavy (non-hydrogen) atoms. The van der Waals surface area contributed by atoms with Gasteiger partial charge in [0.25, 0.3) is 5.91 Å². The van der Waals surface area contributed by atoms with Gasteiger partial charge in [0.05, 0.1) is 0 Å². The van der Waals surface area contributed by atoms with E-state index >= 15 is 0 Å². The van der Waals surface area contributed by atoms with Crippen LogP contribution in [0.15, 0.2) is 48.5 Å². The number of fused-ring (bicyclic) bond motifs is 2. The molecule has 2 aromatic carbocycles. The zero-order chi connectivity index (χ0) is 18.6. The van der Waals surface area contributed by atoms with Crippen LogP contribution in [0.25, 0.3) is 10.8 Å². The van der Waals surface area contributed by atoms with E-state index in [1.165, 1.54) is 41.0 Å². The molecular weight excluding hydrogens is 358 g/mol. The highest BCUT2D eigenvalue weighted by molar-refractivity contribution is 7.14. The molecule has 0 spiro atoms. The van der Waals surface area contributed by atoms with Crippen LogP contribution >= 0.6 is 11.3 Å². The first-order valence-corrected chi connectivity index (χ1v) is 10.1. The Morgan fingerprint density at radius 1 is 1.00 bits per heavy atom. The monoisotopic (exact) mass is 379 g/mol. The standard InChI is InChI=1S/C22H21NO3S/c24-21(23-18-11-6-9-15-7-4-5-10-17(15)18)14-26-22(25)20-13-16-8-2-1-3-12-19(16)27-20/h4-7,9-11,13H,1-3,8,12,14H2,(H,23,24). The number of anilines is 1. The van der Waals surface area contributed by atoms with Crippen LogP contribution in [0, 0.1) is 0 Å². The lowest BCUT2D eigenvalue weighted by molar-refractivity contribution is -0.119. The topological polar surface area (TPSA) is 55.4 Å². The normalized spacial score (nSPS) is 13.6. The molecule has 5 heteroatoms. The number of hydrogen-bond acceptors (Lipinski definition) is 4. The Balaban J connectivity index is 1.38. The number of thiophene rings is 1. The molecule has 1 aliphatic rings. The fourth-order valence-corrected chi connectivity index (χ4v) is 4.64. The Kier molecular flexibility index (Phi) is 5.21. The Morgan fingerprint density at radius 2 is 1.81 bits per heavy atom. The molecule has 1 amide bonds. The van der Waals surface area contributed by atoms with E-state index in [-0.39, 0.29) is 12.5 Å². The molecule has 1 heterocycles. The minimum Gasteiger partial charge on any atom is -0.451 e. The molecule has 0 fully saturated rings. The third-order valence-electron chi connectivity index (χ3n) is 4.85. The first kappa shape index (κ1) is 17.7. The van der Waals surface area contributed by atoms with Gasteiger partial charge in [-0.25, -0.2) is 4.79 Å². The van der Waals surface area contributed by atoms with Gasteiger partial charge in [-0.15, -0.1) is 11.3 Å². The van der Waals surface area contributed by atoms with Crippen LogP contribution < -0.4 is 5.32 Å². The first-order valence-electron chi connectivity index (χ1n) is 9.27. The van der Waals surface area contributed by atoms with Crippen LogP contribution in [0.2, 0.25) is 0 Å². The summed E-state index contributed by atoms with van der Waals surface area (Å²) in [5.74, 6) is -0.751. The number of carbonyl (C=O) groups excluding carboxylic acids is 2. The molecule has 1 N–H and O–H groups in total. The number of ether oxygens (including phenoxy) is 1.